The van der Waals surface area contributed by atoms with Gasteiger partial charge in [-0.2, -0.15) is 0 Å². The van der Waals surface area contributed by atoms with Crippen molar-refractivity contribution in [2.75, 3.05) is 20.6 Å². The summed E-state index contributed by atoms with van der Waals surface area (Å²) < 4.78 is 2.19. The number of fused-ring (bicyclic) bond motifs is 1. The number of allylic oxidation sites excluding steroid dienone is 1. The van der Waals surface area contributed by atoms with Gasteiger partial charge in [-0.1, -0.05) is 52.5 Å². The van der Waals surface area contributed by atoms with Crippen molar-refractivity contribution < 1.29 is 9.59 Å². The third kappa shape index (κ3) is 5.76. The van der Waals surface area contributed by atoms with Crippen LogP contribution in [0.15, 0.2) is 6.08 Å². The largest absolute Gasteiger partial charge is 0.357 e. The molecule has 0 spiro atoms. The summed E-state index contributed by atoms with van der Waals surface area (Å²) in [5.74, 6) is 1.16. The number of carbonyl (C=O) groups is 2. The minimum atomic E-state index is -0.632. The van der Waals surface area contributed by atoms with E-state index < -0.39 is 11.5 Å². The summed E-state index contributed by atoms with van der Waals surface area (Å²) in [4.78, 5) is 32.7. The molecule has 172 valence electrons. The van der Waals surface area contributed by atoms with E-state index in [9.17, 15) is 9.59 Å². The Labute approximate surface area is 186 Å². The molecule has 1 atom stereocenters. The molecule has 1 aliphatic heterocycles. The van der Waals surface area contributed by atoms with E-state index in [1.54, 1.807) is 7.05 Å². The van der Waals surface area contributed by atoms with Crippen molar-refractivity contribution in [1.29, 1.82) is 0 Å². The van der Waals surface area contributed by atoms with Crippen molar-refractivity contribution >= 4 is 17.9 Å². The summed E-state index contributed by atoms with van der Waals surface area (Å²) in [6, 6.07) is -0.632. The quantitative estimate of drug-likeness (QED) is 0.728. The highest BCUT2D eigenvalue weighted by atomic mass is 16.2. The average Bonchev–Trinajstić information content (AvgIpc) is 3.29. The van der Waals surface area contributed by atoms with E-state index in [0.717, 1.165) is 43.4 Å². The highest BCUT2D eigenvalue weighted by molar-refractivity contribution is 5.97. The second-order valence-corrected chi connectivity index (χ2v) is 10.2. The van der Waals surface area contributed by atoms with E-state index in [1.807, 2.05) is 20.8 Å². The Bertz CT molecular complexity index is 815. The van der Waals surface area contributed by atoms with Crippen molar-refractivity contribution in [1.82, 2.24) is 25.1 Å². The summed E-state index contributed by atoms with van der Waals surface area (Å²) in [7, 11) is 3.67. The summed E-state index contributed by atoms with van der Waals surface area (Å²) in [6.45, 7) is 8.36. The van der Waals surface area contributed by atoms with Gasteiger partial charge in [0.05, 0.1) is 5.69 Å². The van der Waals surface area contributed by atoms with Crippen LogP contribution in [-0.4, -0.2) is 52.9 Å². The lowest BCUT2D eigenvalue weighted by Crippen LogP contribution is -2.53. The maximum atomic E-state index is 13.3. The van der Waals surface area contributed by atoms with Crippen LogP contribution in [0.25, 0.3) is 6.08 Å². The van der Waals surface area contributed by atoms with E-state index in [1.165, 1.54) is 25.7 Å². The van der Waals surface area contributed by atoms with Crippen LogP contribution in [0.3, 0.4) is 0 Å². The molecule has 7 heteroatoms. The Balaban J connectivity index is 1.87. The topological polar surface area (TPSA) is 79.3 Å². The summed E-state index contributed by atoms with van der Waals surface area (Å²) in [6.07, 6.45) is 11.7. The third-order valence-corrected chi connectivity index (χ3v) is 6.52. The normalized spacial score (nSPS) is 19.3. The zero-order valence-corrected chi connectivity index (χ0v) is 19.8. The Morgan fingerprint density at radius 3 is 2.55 bits per heavy atom. The van der Waals surface area contributed by atoms with Crippen LogP contribution in [0.2, 0.25) is 0 Å². The van der Waals surface area contributed by atoms with Crippen molar-refractivity contribution in [3.8, 4) is 0 Å². The predicted molar refractivity (Wildman–Crippen MR) is 124 cm³/mol. The molecule has 1 aromatic rings. The number of aromatic nitrogens is 2. The highest BCUT2D eigenvalue weighted by Gasteiger charge is 2.34. The molecule has 1 aliphatic carbocycles. The SMILES string of the molecule is CNC(=O)C(NC(=O)c1nc(C=CCC2CCCC2)n2c1CN(C)CCC2)C(C)(C)C. The molecule has 0 bridgehead atoms. The number of nitrogens with zero attached hydrogens (tertiary/aromatic N) is 3. The van der Waals surface area contributed by atoms with E-state index in [4.69, 9.17) is 4.98 Å². The second kappa shape index (κ2) is 9.98. The van der Waals surface area contributed by atoms with Crippen LogP contribution in [0, 0.1) is 11.3 Å². The predicted octanol–water partition coefficient (Wildman–Crippen LogP) is 3.20. The summed E-state index contributed by atoms with van der Waals surface area (Å²) in [5.41, 5.74) is 0.961. The fraction of sp³-hybridized carbons (Fsp3) is 0.708. The van der Waals surface area contributed by atoms with Gasteiger partial charge < -0.3 is 20.1 Å². The molecule has 2 aliphatic rings. The van der Waals surface area contributed by atoms with Crippen LogP contribution in [0.1, 0.15) is 81.3 Å². The molecular formula is C24H39N5O2. The van der Waals surface area contributed by atoms with Gasteiger partial charge in [0.15, 0.2) is 5.69 Å². The van der Waals surface area contributed by atoms with Crippen molar-refractivity contribution in [2.24, 2.45) is 11.3 Å². The van der Waals surface area contributed by atoms with Gasteiger partial charge in [0, 0.05) is 20.1 Å². The molecule has 3 rings (SSSR count). The monoisotopic (exact) mass is 429 g/mol. The molecule has 0 aromatic carbocycles. The van der Waals surface area contributed by atoms with Gasteiger partial charge >= 0.3 is 0 Å². The van der Waals surface area contributed by atoms with Gasteiger partial charge in [-0.3, -0.25) is 9.59 Å². The summed E-state index contributed by atoms with van der Waals surface area (Å²) >= 11 is 0. The number of likely N-dealkylation sites (N-methyl/N-ethyl adjacent to an activating group) is 1. The first-order chi connectivity index (χ1) is 14.7. The zero-order valence-electron chi connectivity index (χ0n) is 19.8. The maximum absolute atomic E-state index is 13.3. The number of carbonyl (C=O) groups excluding carboxylic acids is 2. The maximum Gasteiger partial charge on any atom is 0.272 e. The van der Waals surface area contributed by atoms with Crippen LogP contribution in [0.5, 0.6) is 0 Å². The molecule has 7 nitrogen and oxygen atoms in total. The minimum absolute atomic E-state index is 0.194. The van der Waals surface area contributed by atoms with Crippen LogP contribution >= 0.6 is 0 Å². The molecular weight excluding hydrogens is 390 g/mol. The first-order valence-corrected chi connectivity index (χ1v) is 11.7. The van der Waals surface area contributed by atoms with Gasteiger partial charge in [0.2, 0.25) is 5.91 Å². The van der Waals surface area contributed by atoms with Crippen molar-refractivity contribution in [3.05, 3.63) is 23.3 Å². The molecule has 0 saturated heterocycles. The molecule has 2 amide bonds. The molecule has 2 heterocycles. The van der Waals surface area contributed by atoms with Crippen molar-refractivity contribution in [2.45, 2.75) is 78.4 Å². The second-order valence-electron chi connectivity index (χ2n) is 10.2. The molecule has 1 unspecified atom stereocenters. The highest BCUT2D eigenvalue weighted by Crippen LogP contribution is 2.28. The molecule has 1 aromatic heterocycles. The van der Waals surface area contributed by atoms with Crippen LogP contribution < -0.4 is 10.6 Å². The van der Waals surface area contributed by atoms with Gasteiger partial charge in [-0.25, -0.2) is 4.98 Å². The summed E-state index contributed by atoms with van der Waals surface area (Å²) in [5, 5.41) is 5.62. The Kier molecular flexibility index (Phi) is 7.57. The Morgan fingerprint density at radius 2 is 1.90 bits per heavy atom. The van der Waals surface area contributed by atoms with Gasteiger partial charge in [-0.05, 0) is 43.8 Å². The van der Waals surface area contributed by atoms with Crippen LogP contribution in [-0.2, 0) is 17.9 Å². The lowest BCUT2D eigenvalue weighted by molar-refractivity contribution is -0.124. The molecule has 2 N–H and O–H groups in total. The number of nitrogens with one attached hydrogen (secondary N) is 2. The van der Waals surface area contributed by atoms with E-state index in [-0.39, 0.29) is 11.8 Å². The minimum Gasteiger partial charge on any atom is -0.357 e. The lowest BCUT2D eigenvalue weighted by atomic mass is 9.86. The zero-order chi connectivity index (χ0) is 22.6. The number of hydrogen-bond acceptors (Lipinski definition) is 4. The van der Waals surface area contributed by atoms with Gasteiger partial charge in [-0.15, -0.1) is 0 Å². The lowest BCUT2D eigenvalue weighted by Gasteiger charge is -2.29. The molecule has 1 saturated carbocycles. The first-order valence-electron chi connectivity index (χ1n) is 11.7. The number of imidazole rings is 1. The number of hydrogen-bond donors (Lipinski definition) is 2. The van der Waals surface area contributed by atoms with Gasteiger partial charge in [0.1, 0.15) is 11.9 Å². The van der Waals surface area contributed by atoms with Crippen molar-refractivity contribution in [3.63, 3.8) is 0 Å². The number of rotatable bonds is 6. The van der Waals surface area contributed by atoms with E-state index in [2.05, 4.69) is 39.3 Å². The fourth-order valence-corrected chi connectivity index (χ4v) is 4.69. The standard InChI is InChI=1S/C24H39N5O2/c1-24(2,3)21(23(31)25-4)27-22(30)20-18-16-28(5)14-9-15-29(18)19(26-20)13-8-12-17-10-6-7-11-17/h8,13,17,21H,6-7,9-12,14-16H2,1-5H3,(H,25,31)(H,27,30). The first kappa shape index (κ1) is 23.5. The Hall–Kier alpha value is -2.15. The molecule has 1 fully saturated rings. The molecule has 31 heavy (non-hydrogen) atoms. The van der Waals surface area contributed by atoms with Crippen LogP contribution in [0.4, 0.5) is 0 Å². The Morgan fingerprint density at radius 1 is 1.19 bits per heavy atom. The van der Waals surface area contributed by atoms with E-state index >= 15 is 0 Å². The van der Waals surface area contributed by atoms with E-state index in [0.29, 0.717) is 12.2 Å². The third-order valence-electron chi connectivity index (χ3n) is 6.52. The molecule has 0 radical (unpaired) electrons. The smallest absolute Gasteiger partial charge is 0.272 e. The van der Waals surface area contributed by atoms with Gasteiger partial charge in [0.25, 0.3) is 5.91 Å². The average molecular weight is 430 g/mol. The number of amides is 2. The fourth-order valence-electron chi connectivity index (χ4n) is 4.69.